The lowest BCUT2D eigenvalue weighted by Gasteiger charge is -2.07. The third-order valence-electron chi connectivity index (χ3n) is 2.75. The third-order valence-corrected chi connectivity index (χ3v) is 4.16. The Labute approximate surface area is 131 Å². The van der Waals surface area contributed by atoms with Gasteiger partial charge in [0.2, 0.25) is 5.95 Å². The molecule has 0 unspecified atom stereocenters. The SMILES string of the molecule is CCNc1ncc(Cl)c(Sc2ncnc3ccccc23)n1. The van der Waals surface area contributed by atoms with E-state index in [1.54, 1.807) is 12.5 Å². The number of nitrogens with zero attached hydrogens (tertiary/aromatic N) is 4. The molecule has 1 aromatic carbocycles. The minimum atomic E-state index is 0.504. The number of anilines is 1. The topological polar surface area (TPSA) is 63.6 Å². The van der Waals surface area contributed by atoms with E-state index in [1.165, 1.54) is 11.8 Å². The second kappa shape index (κ2) is 6.24. The van der Waals surface area contributed by atoms with Gasteiger partial charge in [0.1, 0.15) is 16.4 Å². The second-order valence-corrected chi connectivity index (χ2v) is 5.56. The van der Waals surface area contributed by atoms with Gasteiger partial charge in [0.05, 0.1) is 16.7 Å². The number of hydrogen-bond acceptors (Lipinski definition) is 6. The minimum absolute atomic E-state index is 0.504. The zero-order valence-electron chi connectivity index (χ0n) is 11.2. The van der Waals surface area contributed by atoms with Crippen LogP contribution in [0.2, 0.25) is 5.02 Å². The van der Waals surface area contributed by atoms with Crippen molar-refractivity contribution in [1.29, 1.82) is 0 Å². The molecule has 2 aromatic heterocycles. The van der Waals surface area contributed by atoms with Crippen LogP contribution in [0.5, 0.6) is 0 Å². The van der Waals surface area contributed by atoms with E-state index >= 15 is 0 Å². The van der Waals surface area contributed by atoms with E-state index in [2.05, 4.69) is 25.3 Å². The maximum atomic E-state index is 6.18. The summed E-state index contributed by atoms with van der Waals surface area (Å²) in [4.78, 5) is 17.1. The van der Waals surface area contributed by atoms with Gasteiger partial charge in [-0.2, -0.15) is 0 Å². The molecular formula is C14H12ClN5S. The number of benzene rings is 1. The maximum Gasteiger partial charge on any atom is 0.223 e. The molecule has 0 aliphatic heterocycles. The van der Waals surface area contributed by atoms with Crippen molar-refractivity contribution in [3.63, 3.8) is 0 Å². The molecule has 0 atom stereocenters. The molecule has 0 bridgehead atoms. The van der Waals surface area contributed by atoms with Crippen LogP contribution in [0.1, 0.15) is 6.92 Å². The normalized spacial score (nSPS) is 10.8. The summed E-state index contributed by atoms with van der Waals surface area (Å²) in [5.41, 5.74) is 0.895. The first-order chi connectivity index (χ1) is 10.3. The Balaban J connectivity index is 2.00. The molecular weight excluding hydrogens is 306 g/mol. The number of hydrogen-bond donors (Lipinski definition) is 1. The van der Waals surface area contributed by atoms with Crippen LogP contribution in [0, 0.1) is 0 Å². The summed E-state index contributed by atoms with van der Waals surface area (Å²) in [6.45, 7) is 2.74. The molecule has 3 rings (SSSR count). The molecule has 0 spiro atoms. The summed E-state index contributed by atoms with van der Waals surface area (Å²) in [6.07, 6.45) is 3.14. The summed E-state index contributed by atoms with van der Waals surface area (Å²) in [7, 11) is 0. The number of halogens is 1. The predicted molar refractivity (Wildman–Crippen MR) is 84.9 cm³/mol. The van der Waals surface area contributed by atoms with E-state index in [1.807, 2.05) is 31.2 Å². The van der Waals surface area contributed by atoms with Crippen molar-refractivity contribution in [1.82, 2.24) is 19.9 Å². The van der Waals surface area contributed by atoms with E-state index in [4.69, 9.17) is 11.6 Å². The van der Waals surface area contributed by atoms with Crippen LogP contribution in [0.4, 0.5) is 5.95 Å². The van der Waals surface area contributed by atoms with E-state index in [9.17, 15) is 0 Å². The lowest BCUT2D eigenvalue weighted by atomic mass is 10.2. The Bertz CT molecular complexity index is 775. The second-order valence-electron chi connectivity index (χ2n) is 4.18. The standard InChI is InChI=1S/C14H12ClN5S/c1-2-16-14-17-7-10(15)13(20-14)21-12-9-5-3-4-6-11(9)18-8-19-12/h3-8H,2H2,1H3,(H,16,17,20). The first-order valence-corrected chi connectivity index (χ1v) is 7.61. The highest BCUT2D eigenvalue weighted by molar-refractivity contribution is 7.99. The summed E-state index contributed by atoms with van der Waals surface area (Å²) < 4.78 is 0. The number of nitrogens with one attached hydrogen (secondary N) is 1. The first kappa shape index (κ1) is 14.0. The molecule has 7 heteroatoms. The lowest BCUT2D eigenvalue weighted by Crippen LogP contribution is -2.02. The third kappa shape index (κ3) is 3.06. The number of aromatic nitrogens is 4. The largest absolute Gasteiger partial charge is 0.354 e. The number of rotatable bonds is 4. The van der Waals surface area contributed by atoms with E-state index in [-0.39, 0.29) is 0 Å². The molecule has 2 heterocycles. The van der Waals surface area contributed by atoms with Crippen molar-refractivity contribution in [2.75, 3.05) is 11.9 Å². The van der Waals surface area contributed by atoms with Crippen LogP contribution in [0.15, 0.2) is 46.8 Å². The van der Waals surface area contributed by atoms with Gasteiger partial charge in [-0.3, -0.25) is 0 Å². The van der Waals surface area contributed by atoms with Crippen molar-refractivity contribution in [3.05, 3.63) is 41.8 Å². The molecule has 0 saturated heterocycles. The summed E-state index contributed by atoms with van der Waals surface area (Å²) >= 11 is 7.59. The van der Waals surface area contributed by atoms with Gasteiger partial charge in [0, 0.05) is 11.9 Å². The Kier molecular flexibility index (Phi) is 4.17. The van der Waals surface area contributed by atoms with Crippen LogP contribution in [0.3, 0.4) is 0 Å². The highest BCUT2D eigenvalue weighted by Crippen LogP contribution is 2.33. The molecule has 21 heavy (non-hydrogen) atoms. The molecule has 0 amide bonds. The van der Waals surface area contributed by atoms with E-state index in [0.717, 1.165) is 22.5 Å². The Morgan fingerprint density at radius 3 is 2.86 bits per heavy atom. The van der Waals surface area contributed by atoms with Gasteiger partial charge in [-0.15, -0.1) is 0 Å². The van der Waals surface area contributed by atoms with Crippen molar-refractivity contribution in [2.24, 2.45) is 0 Å². The molecule has 0 saturated carbocycles. The zero-order valence-corrected chi connectivity index (χ0v) is 12.8. The number of fused-ring (bicyclic) bond motifs is 1. The van der Waals surface area contributed by atoms with E-state index < -0.39 is 0 Å². The molecule has 1 N–H and O–H groups in total. The molecule has 3 aromatic rings. The van der Waals surface area contributed by atoms with Crippen molar-refractivity contribution < 1.29 is 0 Å². The highest BCUT2D eigenvalue weighted by atomic mass is 35.5. The Morgan fingerprint density at radius 1 is 1.14 bits per heavy atom. The van der Waals surface area contributed by atoms with Crippen LogP contribution < -0.4 is 5.32 Å². The summed E-state index contributed by atoms with van der Waals surface area (Å²) in [6, 6.07) is 7.84. The molecule has 5 nitrogen and oxygen atoms in total. The average molecular weight is 318 g/mol. The fourth-order valence-corrected chi connectivity index (χ4v) is 2.87. The van der Waals surface area contributed by atoms with Crippen LogP contribution in [0.25, 0.3) is 10.9 Å². The smallest absolute Gasteiger partial charge is 0.223 e. The Hall–Kier alpha value is -1.92. The van der Waals surface area contributed by atoms with Gasteiger partial charge >= 0.3 is 0 Å². The quantitative estimate of drug-likeness (QED) is 0.741. The van der Waals surface area contributed by atoms with Crippen molar-refractivity contribution >= 4 is 40.2 Å². The first-order valence-electron chi connectivity index (χ1n) is 6.42. The molecule has 0 aliphatic rings. The van der Waals surface area contributed by atoms with Crippen molar-refractivity contribution in [3.8, 4) is 0 Å². The number of para-hydroxylation sites is 1. The molecule has 0 radical (unpaired) electrons. The van der Waals surface area contributed by atoms with Crippen LogP contribution in [-0.4, -0.2) is 26.5 Å². The maximum absolute atomic E-state index is 6.18. The highest BCUT2D eigenvalue weighted by Gasteiger charge is 2.11. The molecule has 0 fully saturated rings. The van der Waals surface area contributed by atoms with Gasteiger partial charge < -0.3 is 5.32 Å². The Morgan fingerprint density at radius 2 is 2.00 bits per heavy atom. The zero-order chi connectivity index (χ0) is 14.7. The van der Waals surface area contributed by atoms with Gasteiger partial charge in [0.25, 0.3) is 0 Å². The summed E-state index contributed by atoms with van der Waals surface area (Å²) in [5, 5.41) is 6.05. The fraction of sp³-hybridized carbons (Fsp3) is 0.143. The lowest BCUT2D eigenvalue weighted by molar-refractivity contribution is 1.01. The fourth-order valence-electron chi connectivity index (χ4n) is 1.82. The summed E-state index contributed by atoms with van der Waals surface area (Å²) in [5.74, 6) is 0.558. The van der Waals surface area contributed by atoms with Gasteiger partial charge in [-0.1, -0.05) is 29.8 Å². The van der Waals surface area contributed by atoms with Crippen LogP contribution in [-0.2, 0) is 0 Å². The molecule has 106 valence electrons. The minimum Gasteiger partial charge on any atom is -0.354 e. The predicted octanol–water partition coefficient (Wildman–Crippen LogP) is 3.66. The van der Waals surface area contributed by atoms with Gasteiger partial charge in [-0.05, 0) is 24.8 Å². The van der Waals surface area contributed by atoms with E-state index in [0.29, 0.717) is 16.0 Å². The van der Waals surface area contributed by atoms with Crippen molar-refractivity contribution in [2.45, 2.75) is 17.0 Å². The monoisotopic (exact) mass is 317 g/mol. The van der Waals surface area contributed by atoms with Crippen LogP contribution >= 0.6 is 23.4 Å². The van der Waals surface area contributed by atoms with Gasteiger partial charge in [0.15, 0.2) is 0 Å². The van der Waals surface area contributed by atoms with Gasteiger partial charge in [-0.25, -0.2) is 19.9 Å². The molecule has 0 aliphatic carbocycles. The average Bonchev–Trinajstić information content (AvgIpc) is 2.51.